The van der Waals surface area contributed by atoms with Crippen molar-refractivity contribution in [3.8, 4) is 11.1 Å². The standard InChI is InChI=1S/C52H39N3/c1-6-18-41(19-7-1)53(42-20-8-2-9-21-42)47-34-36-48(37-35-47)54(43-22-10-3-11-23-43)46-32-30-40(31-33-46)49-38-39-52(51-29-17-16-28-50(49)51)55(44-24-12-4-13-25-44)45-26-14-5-15-27-45/h1-39H. The molecule has 0 atom stereocenters. The lowest BCUT2D eigenvalue weighted by Gasteiger charge is -2.28. The fourth-order valence-corrected chi connectivity index (χ4v) is 7.48. The van der Waals surface area contributed by atoms with E-state index >= 15 is 0 Å². The van der Waals surface area contributed by atoms with Gasteiger partial charge in [0.25, 0.3) is 0 Å². The number of para-hydroxylation sites is 5. The minimum absolute atomic E-state index is 1.08. The molecule has 0 aliphatic heterocycles. The molecule has 0 bridgehead atoms. The second kappa shape index (κ2) is 15.3. The summed E-state index contributed by atoms with van der Waals surface area (Å²) < 4.78 is 0. The van der Waals surface area contributed by atoms with E-state index in [1.165, 1.54) is 21.9 Å². The van der Waals surface area contributed by atoms with E-state index in [0.29, 0.717) is 0 Å². The Balaban J connectivity index is 1.09. The molecular weight excluding hydrogens is 667 g/mol. The third-order valence-corrected chi connectivity index (χ3v) is 10.0. The highest BCUT2D eigenvalue weighted by Gasteiger charge is 2.19. The first-order valence-corrected chi connectivity index (χ1v) is 18.7. The number of benzene rings is 9. The number of hydrogen-bond donors (Lipinski definition) is 0. The van der Waals surface area contributed by atoms with Crippen molar-refractivity contribution in [1.29, 1.82) is 0 Å². The van der Waals surface area contributed by atoms with E-state index in [1.54, 1.807) is 0 Å². The van der Waals surface area contributed by atoms with Crippen LogP contribution in [0, 0.1) is 0 Å². The second-order valence-corrected chi connectivity index (χ2v) is 13.4. The van der Waals surface area contributed by atoms with Crippen molar-refractivity contribution in [1.82, 2.24) is 0 Å². The molecule has 0 radical (unpaired) electrons. The summed E-state index contributed by atoms with van der Waals surface area (Å²) in [6, 6.07) is 83.9. The van der Waals surface area contributed by atoms with Crippen molar-refractivity contribution in [2.45, 2.75) is 0 Å². The maximum absolute atomic E-state index is 2.34. The molecule has 0 N–H and O–H groups in total. The first kappa shape index (κ1) is 33.5. The Labute approximate surface area is 323 Å². The molecule has 0 fully saturated rings. The van der Waals surface area contributed by atoms with Crippen LogP contribution < -0.4 is 14.7 Å². The molecule has 0 aliphatic rings. The van der Waals surface area contributed by atoms with Gasteiger partial charge >= 0.3 is 0 Å². The molecule has 9 rings (SSSR count). The van der Waals surface area contributed by atoms with Crippen LogP contribution in [0.3, 0.4) is 0 Å². The fraction of sp³-hybridized carbons (Fsp3) is 0. The van der Waals surface area contributed by atoms with E-state index in [9.17, 15) is 0 Å². The number of hydrogen-bond acceptors (Lipinski definition) is 3. The van der Waals surface area contributed by atoms with Crippen LogP contribution in [0.5, 0.6) is 0 Å². The Hall–Kier alpha value is -7.36. The molecule has 55 heavy (non-hydrogen) atoms. The van der Waals surface area contributed by atoms with Gasteiger partial charge < -0.3 is 14.7 Å². The summed E-state index contributed by atoms with van der Waals surface area (Å²) in [5.41, 5.74) is 12.4. The van der Waals surface area contributed by atoms with E-state index < -0.39 is 0 Å². The third-order valence-electron chi connectivity index (χ3n) is 10.0. The van der Waals surface area contributed by atoms with E-state index in [-0.39, 0.29) is 0 Å². The molecule has 0 aromatic heterocycles. The highest BCUT2D eigenvalue weighted by atomic mass is 15.2. The van der Waals surface area contributed by atoms with Crippen LogP contribution in [0.25, 0.3) is 21.9 Å². The maximum Gasteiger partial charge on any atom is 0.0540 e. The predicted molar refractivity (Wildman–Crippen MR) is 233 cm³/mol. The number of rotatable bonds is 10. The first-order valence-electron chi connectivity index (χ1n) is 18.7. The summed E-state index contributed by atoms with van der Waals surface area (Å²) in [6.45, 7) is 0. The molecule has 3 nitrogen and oxygen atoms in total. The van der Waals surface area contributed by atoms with Crippen molar-refractivity contribution in [2.24, 2.45) is 0 Å². The van der Waals surface area contributed by atoms with Gasteiger partial charge in [0.2, 0.25) is 0 Å². The van der Waals surface area contributed by atoms with Gasteiger partial charge in [0.05, 0.1) is 5.69 Å². The SMILES string of the molecule is c1ccc(N(c2ccccc2)c2ccc(N(c3ccccc3)c3ccc(-c4ccc(N(c5ccccc5)c5ccccc5)c5ccccc45)cc3)cc2)cc1. The number of fused-ring (bicyclic) bond motifs is 1. The van der Waals surface area contributed by atoms with Gasteiger partial charge in [-0.2, -0.15) is 0 Å². The van der Waals surface area contributed by atoms with Gasteiger partial charge in [0.1, 0.15) is 0 Å². The molecule has 0 unspecified atom stereocenters. The molecule has 0 aliphatic carbocycles. The van der Waals surface area contributed by atoms with Crippen LogP contribution >= 0.6 is 0 Å². The van der Waals surface area contributed by atoms with Crippen molar-refractivity contribution >= 4 is 62.0 Å². The Kier molecular flexibility index (Phi) is 9.32. The lowest BCUT2D eigenvalue weighted by Crippen LogP contribution is -2.12. The van der Waals surface area contributed by atoms with Crippen molar-refractivity contribution in [2.75, 3.05) is 14.7 Å². The summed E-state index contributed by atoms with van der Waals surface area (Å²) in [7, 11) is 0. The van der Waals surface area contributed by atoms with Crippen LogP contribution in [-0.2, 0) is 0 Å². The summed E-state index contributed by atoms with van der Waals surface area (Å²) in [4.78, 5) is 6.96. The normalized spacial score (nSPS) is 10.9. The molecule has 3 heteroatoms. The zero-order chi connectivity index (χ0) is 36.8. The number of anilines is 9. The molecule has 0 saturated heterocycles. The Morgan fingerprint density at radius 2 is 0.491 bits per heavy atom. The van der Waals surface area contributed by atoms with Crippen LogP contribution in [0.15, 0.2) is 237 Å². The van der Waals surface area contributed by atoms with Gasteiger partial charge in [-0.3, -0.25) is 0 Å². The third kappa shape index (κ3) is 6.83. The quantitative estimate of drug-likeness (QED) is 0.140. The minimum atomic E-state index is 1.08. The molecule has 262 valence electrons. The summed E-state index contributed by atoms with van der Waals surface area (Å²) in [6.07, 6.45) is 0. The maximum atomic E-state index is 2.34. The number of nitrogens with zero attached hydrogens (tertiary/aromatic N) is 3. The minimum Gasteiger partial charge on any atom is -0.311 e. The van der Waals surface area contributed by atoms with Gasteiger partial charge in [-0.25, -0.2) is 0 Å². The largest absolute Gasteiger partial charge is 0.311 e. The van der Waals surface area contributed by atoms with Gasteiger partial charge in [-0.05, 0) is 120 Å². The molecule has 0 heterocycles. The molecule has 9 aromatic rings. The van der Waals surface area contributed by atoms with E-state index in [0.717, 1.165) is 51.2 Å². The average Bonchev–Trinajstić information content (AvgIpc) is 3.27. The van der Waals surface area contributed by atoms with Crippen molar-refractivity contribution in [3.05, 3.63) is 237 Å². The zero-order valence-corrected chi connectivity index (χ0v) is 30.4. The van der Waals surface area contributed by atoms with E-state index in [1.807, 2.05) is 0 Å². The van der Waals surface area contributed by atoms with Gasteiger partial charge in [0, 0.05) is 50.9 Å². The molecule has 0 saturated carbocycles. The molecular formula is C52H39N3. The Bertz CT molecular complexity index is 2530. The van der Waals surface area contributed by atoms with Gasteiger partial charge in [0.15, 0.2) is 0 Å². The molecule has 9 aromatic carbocycles. The average molecular weight is 706 g/mol. The van der Waals surface area contributed by atoms with Crippen LogP contribution in [-0.4, -0.2) is 0 Å². The zero-order valence-electron chi connectivity index (χ0n) is 30.4. The monoisotopic (exact) mass is 705 g/mol. The lowest BCUT2D eigenvalue weighted by atomic mass is 9.96. The Morgan fingerprint density at radius 3 is 0.873 bits per heavy atom. The Morgan fingerprint density at radius 1 is 0.200 bits per heavy atom. The summed E-state index contributed by atoms with van der Waals surface area (Å²) >= 11 is 0. The summed E-state index contributed by atoms with van der Waals surface area (Å²) in [5.74, 6) is 0. The van der Waals surface area contributed by atoms with Gasteiger partial charge in [-0.1, -0.05) is 133 Å². The first-order chi connectivity index (χ1) is 27.3. The van der Waals surface area contributed by atoms with Crippen LogP contribution in [0.4, 0.5) is 51.2 Å². The van der Waals surface area contributed by atoms with Crippen LogP contribution in [0.1, 0.15) is 0 Å². The molecule has 0 amide bonds. The fourth-order valence-electron chi connectivity index (χ4n) is 7.48. The van der Waals surface area contributed by atoms with E-state index in [2.05, 4.69) is 251 Å². The smallest absolute Gasteiger partial charge is 0.0540 e. The van der Waals surface area contributed by atoms with E-state index in [4.69, 9.17) is 0 Å². The van der Waals surface area contributed by atoms with Crippen LogP contribution in [0.2, 0.25) is 0 Å². The van der Waals surface area contributed by atoms with Crippen molar-refractivity contribution in [3.63, 3.8) is 0 Å². The van der Waals surface area contributed by atoms with Crippen molar-refractivity contribution < 1.29 is 0 Å². The molecule has 0 spiro atoms. The highest BCUT2D eigenvalue weighted by Crippen LogP contribution is 2.43. The lowest BCUT2D eigenvalue weighted by molar-refractivity contribution is 1.26. The predicted octanol–water partition coefficient (Wildman–Crippen LogP) is 14.9. The highest BCUT2D eigenvalue weighted by molar-refractivity contribution is 6.06. The van der Waals surface area contributed by atoms with Gasteiger partial charge in [-0.15, -0.1) is 0 Å². The summed E-state index contributed by atoms with van der Waals surface area (Å²) in [5, 5.41) is 2.41. The topological polar surface area (TPSA) is 9.72 Å². The second-order valence-electron chi connectivity index (χ2n) is 13.4.